The second kappa shape index (κ2) is 7.55. The van der Waals surface area contributed by atoms with Crippen LogP contribution in [0.25, 0.3) is 0 Å². The van der Waals surface area contributed by atoms with Gasteiger partial charge in [0.1, 0.15) is 0 Å². The molecule has 0 aliphatic rings. The van der Waals surface area contributed by atoms with Crippen LogP contribution in [0.15, 0.2) is 0 Å². The molecular formula is C12H20N2O3. The van der Waals surface area contributed by atoms with Crippen LogP contribution >= 0.6 is 0 Å². The highest BCUT2D eigenvalue weighted by Gasteiger charge is 2.22. The third kappa shape index (κ3) is 6.46. The molecule has 0 aromatic carbocycles. The van der Waals surface area contributed by atoms with Crippen molar-refractivity contribution in [2.45, 2.75) is 33.2 Å². The molecule has 5 nitrogen and oxygen atoms in total. The van der Waals surface area contributed by atoms with Gasteiger partial charge in [-0.25, -0.2) is 4.79 Å². The van der Waals surface area contributed by atoms with Crippen LogP contribution in [-0.4, -0.2) is 29.7 Å². The molecule has 0 saturated heterocycles. The van der Waals surface area contributed by atoms with Gasteiger partial charge in [-0.2, -0.15) is 0 Å². The van der Waals surface area contributed by atoms with E-state index in [4.69, 9.17) is 11.5 Å². The van der Waals surface area contributed by atoms with Crippen LogP contribution in [0, 0.1) is 24.2 Å². The van der Waals surface area contributed by atoms with Crippen molar-refractivity contribution in [1.29, 1.82) is 0 Å². The van der Waals surface area contributed by atoms with Crippen molar-refractivity contribution in [2.75, 3.05) is 6.54 Å². The number of carbonyl (C=O) groups excluding carboxylic acids is 1. The first-order valence-corrected chi connectivity index (χ1v) is 5.59. The van der Waals surface area contributed by atoms with Crippen molar-refractivity contribution >= 4 is 12.0 Å². The van der Waals surface area contributed by atoms with Crippen molar-refractivity contribution in [1.82, 2.24) is 10.6 Å². The Morgan fingerprint density at radius 1 is 1.35 bits per heavy atom. The maximum Gasteiger partial charge on any atom is 0.315 e. The summed E-state index contributed by atoms with van der Waals surface area (Å²) in [6.07, 6.45) is 5.55. The largest absolute Gasteiger partial charge is 0.481 e. The van der Waals surface area contributed by atoms with Crippen molar-refractivity contribution < 1.29 is 14.7 Å². The average Bonchev–Trinajstić information content (AvgIpc) is 2.16. The summed E-state index contributed by atoms with van der Waals surface area (Å²) in [6.45, 7) is 5.51. The monoisotopic (exact) mass is 240 g/mol. The third-order valence-electron chi connectivity index (χ3n) is 2.41. The van der Waals surface area contributed by atoms with E-state index in [1.165, 1.54) is 0 Å². The highest BCUT2D eigenvalue weighted by molar-refractivity contribution is 5.76. The molecule has 2 atom stereocenters. The second-order valence-corrected chi connectivity index (χ2v) is 4.35. The molecule has 0 heterocycles. The summed E-state index contributed by atoms with van der Waals surface area (Å²) >= 11 is 0. The van der Waals surface area contributed by atoms with Gasteiger partial charge >= 0.3 is 12.0 Å². The summed E-state index contributed by atoms with van der Waals surface area (Å²) < 4.78 is 0. The number of hydrogen-bond donors (Lipinski definition) is 3. The summed E-state index contributed by atoms with van der Waals surface area (Å²) in [5.74, 6) is 0.920. The van der Waals surface area contributed by atoms with Crippen LogP contribution in [0.5, 0.6) is 0 Å². The molecule has 0 fully saturated rings. The number of rotatable bonds is 6. The van der Waals surface area contributed by atoms with E-state index in [0.717, 1.165) is 0 Å². The number of aliphatic carboxylic acids is 1. The molecule has 0 saturated carbocycles. The van der Waals surface area contributed by atoms with Gasteiger partial charge in [0.2, 0.25) is 0 Å². The Balaban J connectivity index is 4.06. The number of nitrogens with one attached hydrogen (secondary N) is 2. The number of carboxylic acids is 1. The van der Waals surface area contributed by atoms with E-state index < -0.39 is 11.9 Å². The van der Waals surface area contributed by atoms with Crippen LogP contribution in [0.4, 0.5) is 4.79 Å². The molecule has 2 amide bonds. The normalized spacial score (nSPS) is 13.6. The van der Waals surface area contributed by atoms with Gasteiger partial charge in [0.05, 0.1) is 5.92 Å². The van der Waals surface area contributed by atoms with Gasteiger partial charge in [-0.05, 0) is 12.8 Å². The lowest BCUT2D eigenvalue weighted by atomic mass is 9.96. The molecule has 0 rings (SSSR count). The van der Waals surface area contributed by atoms with Crippen molar-refractivity contribution in [3.8, 4) is 12.3 Å². The van der Waals surface area contributed by atoms with E-state index in [-0.39, 0.29) is 24.5 Å². The fourth-order valence-corrected chi connectivity index (χ4v) is 1.31. The molecule has 0 radical (unpaired) electrons. The van der Waals surface area contributed by atoms with Gasteiger partial charge < -0.3 is 15.7 Å². The third-order valence-corrected chi connectivity index (χ3v) is 2.41. The van der Waals surface area contributed by atoms with E-state index in [1.54, 1.807) is 20.8 Å². The van der Waals surface area contributed by atoms with Gasteiger partial charge in [0.15, 0.2) is 0 Å². The van der Waals surface area contributed by atoms with Crippen molar-refractivity contribution in [3.63, 3.8) is 0 Å². The molecule has 0 aliphatic carbocycles. The standard InChI is InChI=1S/C12H20N2O3/c1-5-6-9(4)14-12(17)13-7-10(8(2)3)11(15)16/h1,8-10H,6-7H2,2-4H3,(H,15,16)(H2,13,14,17). The van der Waals surface area contributed by atoms with Crippen molar-refractivity contribution in [3.05, 3.63) is 0 Å². The number of urea groups is 1. The van der Waals surface area contributed by atoms with Gasteiger partial charge in [-0.15, -0.1) is 12.3 Å². The van der Waals surface area contributed by atoms with Crippen LogP contribution in [-0.2, 0) is 4.79 Å². The highest BCUT2D eigenvalue weighted by atomic mass is 16.4. The van der Waals surface area contributed by atoms with Crippen LogP contribution in [0.3, 0.4) is 0 Å². The van der Waals surface area contributed by atoms with E-state index in [1.807, 2.05) is 0 Å². The fourth-order valence-electron chi connectivity index (χ4n) is 1.31. The molecule has 0 bridgehead atoms. The molecule has 2 unspecified atom stereocenters. The van der Waals surface area contributed by atoms with E-state index in [9.17, 15) is 9.59 Å². The Morgan fingerprint density at radius 2 is 1.94 bits per heavy atom. The summed E-state index contributed by atoms with van der Waals surface area (Å²) in [7, 11) is 0. The summed E-state index contributed by atoms with van der Waals surface area (Å²) in [5, 5.41) is 14.1. The second-order valence-electron chi connectivity index (χ2n) is 4.35. The Bertz CT molecular complexity index is 307. The lowest BCUT2D eigenvalue weighted by Gasteiger charge is -2.18. The molecule has 17 heavy (non-hydrogen) atoms. The van der Waals surface area contributed by atoms with Crippen LogP contribution in [0.2, 0.25) is 0 Å². The Morgan fingerprint density at radius 3 is 2.35 bits per heavy atom. The average molecular weight is 240 g/mol. The smallest absolute Gasteiger partial charge is 0.315 e. The van der Waals surface area contributed by atoms with Gasteiger partial charge in [-0.1, -0.05) is 13.8 Å². The predicted molar refractivity (Wildman–Crippen MR) is 65.4 cm³/mol. The first-order chi connectivity index (χ1) is 7.88. The number of amides is 2. The topological polar surface area (TPSA) is 78.4 Å². The van der Waals surface area contributed by atoms with Gasteiger partial charge in [0, 0.05) is 19.0 Å². The van der Waals surface area contributed by atoms with Crippen LogP contribution in [0.1, 0.15) is 27.2 Å². The van der Waals surface area contributed by atoms with Gasteiger partial charge in [-0.3, -0.25) is 4.79 Å². The number of hydrogen-bond acceptors (Lipinski definition) is 2. The Hall–Kier alpha value is -1.70. The molecule has 0 aromatic rings. The quantitative estimate of drug-likeness (QED) is 0.607. The first kappa shape index (κ1) is 15.3. The Labute approximate surface area is 102 Å². The number of carboxylic acid groups (broad SMARTS) is 1. The SMILES string of the molecule is C#CCC(C)NC(=O)NCC(C(=O)O)C(C)C. The van der Waals surface area contributed by atoms with Crippen molar-refractivity contribution in [2.24, 2.45) is 11.8 Å². The summed E-state index contributed by atoms with van der Waals surface area (Å²) in [5.41, 5.74) is 0. The zero-order chi connectivity index (χ0) is 13.4. The summed E-state index contributed by atoms with van der Waals surface area (Å²) in [6, 6.07) is -0.512. The molecular weight excluding hydrogens is 220 g/mol. The van der Waals surface area contributed by atoms with E-state index in [2.05, 4.69) is 16.6 Å². The highest BCUT2D eigenvalue weighted by Crippen LogP contribution is 2.09. The molecule has 96 valence electrons. The predicted octanol–water partition coefficient (Wildman–Crippen LogP) is 1.05. The minimum Gasteiger partial charge on any atom is -0.481 e. The number of terminal acetylenes is 1. The minimum absolute atomic E-state index is 0.0315. The van der Waals surface area contributed by atoms with Gasteiger partial charge in [0.25, 0.3) is 0 Å². The molecule has 0 spiro atoms. The molecule has 0 aliphatic heterocycles. The maximum absolute atomic E-state index is 11.4. The first-order valence-electron chi connectivity index (χ1n) is 5.59. The summed E-state index contributed by atoms with van der Waals surface area (Å²) in [4.78, 5) is 22.3. The lowest BCUT2D eigenvalue weighted by molar-refractivity contribution is -0.142. The maximum atomic E-state index is 11.4. The van der Waals surface area contributed by atoms with E-state index >= 15 is 0 Å². The van der Waals surface area contributed by atoms with E-state index in [0.29, 0.717) is 6.42 Å². The minimum atomic E-state index is -0.906. The molecule has 5 heteroatoms. The lowest BCUT2D eigenvalue weighted by Crippen LogP contribution is -2.44. The van der Waals surface area contributed by atoms with Crippen LogP contribution < -0.4 is 10.6 Å². The number of carbonyl (C=O) groups is 2. The Kier molecular flexibility index (Phi) is 6.80. The molecule has 3 N–H and O–H groups in total. The fraction of sp³-hybridized carbons (Fsp3) is 0.667. The zero-order valence-electron chi connectivity index (χ0n) is 10.5. The molecule has 0 aromatic heterocycles. The zero-order valence-corrected chi connectivity index (χ0v) is 10.5.